The second kappa shape index (κ2) is 8.05. The molecule has 4 rings (SSSR count). The van der Waals surface area contributed by atoms with Crippen molar-refractivity contribution in [1.82, 2.24) is 9.88 Å². The van der Waals surface area contributed by atoms with E-state index in [1.165, 1.54) is 23.2 Å². The molecule has 3 heterocycles. The maximum absolute atomic E-state index is 13.5. The summed E-state index contributed by atoms with van der Waals surface area (Å²) in [6.07, 6.45) is 2.00. The summed E-state index contributed by atoms with van der Waals surface area (Å²) in [7, 11) is 0. The largest absolute Gasteiger partial charge is 0.424 e. The third kappa shape index (κ3) is 4.07. The molecule has 0 radical (unpaired) electrons. The number of halogens is 2. The number of hydrogen-bond acceptors (Lipinski definition) is 6. The number of pyridine rings is 1. The van der Waals surface area contributed by atoms with Gasteiger partial charge in [-0.3, -0.25) is 19.4 Å². The van der Waals surface area contributed by atoms with Crippen LogP contribution in [0.5, 0.6) is 5.75 Å². The Bertz CT molecular complexity index is 1030. The van der Waals surface area contributed by atoms with Crippen molar-refractivity contribution in [2.24, 2.45) is 0 Å². The number of esters is 1. The summed E-state index contributed by atoms with van der Waals surface area (Å²) in [6.45, 7) is 1.52. The number of carbonyl (C=O) groups excluding carboxylic acids is 3. The maximum Gasteiger partial charge on any atom is 0.317 e. The number of amides is 2. The fraction of sp³-hybridized carbons (Fsp3) is 0.300. The van der Waals surface area contributed by atoms with Crippen molar-refractivity contribution in [3.05, 3.63) is 47.8 Å². The van der Waals surface area contributed by atoms with Crippen LogP contribution < -0.4 is 15.0 Å². The predicted octanol–water partition coefficient (Wildman–Crippen LogP) is 1.50. The molecule has 0 aliphatic carbocycles. The van der Waals surface area contributed by atoms with Gasteiger partial charge in [-0.15, -0.1) is 0 Å². The Balaban J connectivity index is 1.37. The van der Waals surface area contributed by atoms with Crippen LogP contribution in [0.4, 0.5) is 20.2 Å². The van der Waals surface area contributed by atoms with E-state index in [-0.39, 0.29) is 24.4 Å². The Kier molecular flexibility index (Phi) is 5.30. The van der Waals surface area contributed by atoms with Crippen LogP contribution in [0.1, 0.15) is 12.1 Å². The Morgan fingerprint density at radius 3 is 2.70 bits per heavy atom. The van der Waals surface area contributed by atoms with Crippen molar-refractivity contribution in [2.75, 3.05) is 36.4 Å². The van der Waals surface area contributed by atoms with Crippen molar-refractivity contribution in [2.45, 2.75) is 12.8 Å². The van der Waals surface area contributed by atoms with Crippen molar-refractivity contribution >= 4 is 29.2 Å². The van der Waals surface area contributed by atoms with E-state index in [1.54, 1.807) is 0 Å². The highest BCUT2D eigenvalue weighted by Crippen LogP contribution is 2.26. The van der Waals surface area contributed by atoms with Crippen LogP contribution in [-0.2, 0) is 20.8 Å². The Hall–Kier alpha value is -3.56. The number of hydrogen-bond donors (Lipinski definition) is 1. The van der Waals surface area contributed by atoms with E-state index in [1.807, 2.05) is 4.90 Å². The van der Waals surface area contributed by atoms with Gasteiger partial charge in [0.15, 0.2) is 17.4 Å². The summed E-state index contributed by atoms with van der Waals surface area (Å²) in [5.41, 5.74) is 1.25. The fourth-order valence-corrected chi connectivity index (χ4v) is 3.45. The molecule has 1 aromatic carbocycles. The van der Waals surface area contributed by atoms with Crippen molar-refractivity contribution in [1.29, 1.82) is 0 Å². The van der Waals surface area contributed by atoms with Crippen LogP contribution >= 0.6 is 0 Å². The van der Waals surface area contributed by atoms with Gasteiger partial charge in [0.05, 0.1) is 24.0 Å². The zero-order chi connectivity index (χ0) is 21.3. The van der Waals surface area contributed by atoms with Gasteiger partial charge in [0.25, 0.3) is 0 Å². The molecule has 2 aliphatic rings. The van der Waals surface area contributed by atoms with Crippen molar-refractivity contribution in [3.8, 4) is 5.75 Å². The zero-order valence-electron chi connectivity index (χ0n) is 15.9. The molecule has 2 amide bonds. The zero-order valence-corrected chi connectivity index (χ0v) is 15.9. The Labute approximate surface area is 170 Å². The number of carbonyl (C=O) groups is 3. The van der Waals surface area contributed by atoms with E-state index in [0.717, 1.165) is 12.1 Å². The second-order valence-corrected chi connectivity index (χ2v) is 7.01. The smallest absolute Gasteiger partial charge is 0.317 e. The molecule has 0 saturated carbocycles. The van der Waals surface area contributed by atoms with Gasteiger partial charge in [0, 0.05) is 44.0 Å². The third-order valence-corrected chi connectivity index (χ3v) is 4.97. The first-order chi connectivity index (χ1) is 14.4. The third-order valence-electron chi connectivity index (χ3n) is 4.97. The molecular formula is C20H18F2N4O4. The minimum absolute atomic E-state index is 0.0741. The lowest BCUT2D eigenvalue weighted by atomic mass is 10.2. The highest BCUT2D eigenvalue weighted by Gasteiger charge is 2.26. The number of fused-ring (bicyclic) bond motifs is 1. The fourth-order valence-electron chi connectivity index (χ4n) is 3.45. The molecular weight excluding hydrogens is 398 g/mol. The quantitative estimate of drug-likeness (QED) is 0.589. The molecule has 10 heteroatoms. The predicted molar refractivity (Wildman–Crippen MR) is 102 cm³/mol. The number of nitrogens with one attached hydrogen (secondary N) is 1. The molecule has 1 N–H and O–H groups in total. The summed E-state index contributed by atoms with van der Waals surface area (Å²) in [4.78, 5) is 43.5. The molecule has 30 heavy (non-hydrogen) atoms. The lowest BCUT2D eigenvalue weighted by Crippen LogP contribution is -2.41. The van der Waals surface area contributed by atoms with Gasteiger partial charge in [-0.2, -0.15) is 0 Å². The minimum atomic E-state index is -0.933. The van der Waals surface area contributed by atoms with E-state index in [9.17, 15) is 23.2 Å². The molecule has 0 unspecified atom stereocenters. The monoisotopic (exact) mass is 416 g/mol. The van der Waals surface area contributed by atoms with E-state index < -0.39 is 29.4 Å². The molecule has 0 spiro atoms. The first-order valence-corrected chi connectivity index (χ1v) is 9.40. The molecule has 156 valence electrons. The first-order valence-electron chi connectivity index (χ1n) is 9.40. The SMILES string of the molecule is O=C1Cc2ncc(NC(=O)C(=O)N3CCCN(c4ccc(F)c(F)c4)CC3)cc2O1. The molecule has 0 atom stereocenters. The molecule has 1 aromatic heterocycles. The van der Waals surface area contributed by atoms with Gasteiger partial charge in [-0.05, 0) is 18.6 Å². The van der Waals surface area contributed by atoms with E-state index in [4.69, 9.17) is 4.74 Å². The number of nitrogens with zero attached hydrogens (tertiary/aromatic N) is 3. The number of benzene rings is 1. The van der Waals surface area contributed by atoms with Crippen LogP contribution in [0.3, 0.4) is 0 Å². The minimum Gasteiger partial charge on any atom is -0.424 e. The van der Waals surface area contributed by atoms with Crippen LogP contribution in [0.25, 0.3) is 0 Å². The average molecular weight is 416 g/mol. The summed E-state index contributed by atoms with van der Waals surface area (Å²) < 4.78 is 31.6. The van der Waals surface area contributed by atoms with Gasteiger partial charge in [0.1, 0.15) is 0 Å². The highest BCUT2D eigenvalue weighted by atomic mass is 19.2. The molecule has 0 bridgehead atoms. The maximum atomic E-state index is 13.5. The normalized spacial score (nSPS) is 16.0. The van der Waals surface area contributed by atoms with Crippen LogP contribution in [0, 0.1) is 11.6 Å². The lowest BCUT2D eigenvalue weighted by molar-refractivity contribution is -0.143. The molecule has 2 aromatic rings. The summed E-state index contributed by atoms with van der Waals surface area (Å²) in [6, 6.07) is 5.11. The number of aromatic nitrogens is 1. The number of ether oxygens (including phenoxy) is 1. The number of rotatable bonds is 2. The standard InChI is InChI=1S/C20H18F2N4O4/c21-14-3-2-13(9-15(14)22)25-4-1-5-26(7-6-25)20(29)19(28)24-12-8-17-16(23-11-12)10-18(27)30-17/h2-3,8-9,11H,1,4-7,10H2,(H,24,28). The van der Waals surface area contributed by atoms with Crippen molar-refractivity contribution < 1.29 is 27.9 Å². The van der Waals surface area contributed by atoms with E-state index >= 15 is 0 Å². The van der Waals surface area contributed by atoms with Crippen LogP contribution in [0.2, 0.25) is 0 Å². The Morgan fingerprint density at radius 1 is 1.07 bits per heavy atom. The van der Waals surface area contributed by atoms with Gasteiger partial charge in [-0.1, -0.05) is 0 Å². The van der Waals surface area contributed by atoms with Gasteiger partial charge in [-0.25, -0.2) is 8.78 Å². The molecule has 2 aliphatic heterocycles. The summed E-state index contributed by atoms with van der Waals surface area (Å²) in [5, 5.41) is 2.47. The van der Waals surface area contributed by atoms with Gasteiger partial charge < -0.3 is 19.9 Å². The van der Waals surface area contributed by atoms with Crippen molar-refractivity contribution in [3.63, 3.8) is 0 Å². The van der Waals surface area contributed by atoms with Crippen LogP contribution in [-0.4, -0.2) is 53.8 Å². The average Bonchev–Trinajstić information content (AvgIpc) is 2.93. The van der Waals surface area contributed by atoms with E-state index in [0.29, 0.717) is 37.4 Å². The van der Waals surface area contributed by atoms with Gasteiger partial charge >= 0.3 is 17.8 Å². The lowest BCUT2D eigenvalue weighted by Gasteiger charge is -2.23. The number of anilines is 2. The first kappa shape index (κ1) is 19.7. The highest BCUT2D eigenvalue weighted by molar-refractivity contribution is 6.39. The second-order valence-electron chi connectivity index (χ2n) is 7.01. The Morgan fingerprint density at radius 2 is 1.90 bits per heavy atom. The van der Waals surface area contributed by atoms with Gasteiger partial charge in [0.2, 0.25) is 0 Å². The molecule has 8 nitrogen and oxygen atoms in total. The van der Waals surface area contributed by atoms with Crippen LogP contribution in [0.15, 0.2) is 30.5 Å². The topological polar surface area (TPSA) is 91.8 Å². The van der Waals surface area contributed by atoms with E-state index in [2.05, 4.69) is 10.3 Å². The molecule has 1 fully saturated rings. The summed E-state index contributed by atoms with van der Waals surface area (Å²) >= 11 is 0. The molecule has 1 saturated heterocycles. The summed E-state index contributed by atoms with van der Waals surface area (Å²) in [5.74, 6) is -3.55.